The maximum Gasteiger partial charge on any atom is 0.315 e. The molecule has 0 aromatic heterocycles. The Hall–Kier alpha value is -1.74. The topological polar surface area (TPSA) is 221 Å². The number of nitrogens with zero attached hydrogens (tertiary/aromatic N) is 2. The number of hydrogen-bond acceptors (Lipinski definition) is 15. The van der Waals surface area contributed by atoms with Crippen molar-refractivity contribution in [1.82, 2.24) is 20.4 Å². The summed E-state index contributed by atoms with van der Waals surface area (Å²) in [6, 6.07) is -1.27. The summed E-state index contributed by atoms with van der Waals surface area (Å²) in [4.78, 5) is 31.0. The molecule has 3 fully saturated rings. The summed E-state index contributed by atoms with van der Waals surface area (Å²) < 4.78 is 37.9. The zero-order valence-corrected chi connectivity index (χ0v) is 40.7. The van der Waals surface area contributed by atoms with Crippen molar-refractivity contribution >= 4 is 12.0 Å². The number of aliphatic hydroxyl groups is 5. The number of carbonyl (C=O) groups is 2. The quantitative estimate of drug-likeness (QED) is 0.117. The number of carbonyl (C=O) groups excluding carboxylic acids is 2. The highest BCUT2D eigenvalue weighted by molar-refractivity contribution is 5.74. The van der Waals surface area contributed by atoms with Gasteiger partial charge in [0, 0.05) is 56.7 Å². The van der Waals surface area contributed by atoms with Gasteiger partial charge >= 0.3 is 12.0 Å². The van der Waals surface area contributed by atoms with Crippen LogP contribution >= 0.6 is 0 Å². The van der Waals surface area contributed by atoms with Gasteiger partial charge in [-0.25, -0.2) is 4.79 Å². The fourth-order valence-electron chi connectivity index (χ4n) is 9.77. The first-order valence-corrected chi connectivity index (χ1v) is 22.8. The Kier molecular flexibility index (Phi) is 19.5. The monoisotopic (exact) mass is 891 g/mol. The molecule has 0 bridgehead atoms. The van der Waals surface area contributed by atoms with E-state index in [1.807, 2.05) is 65.4 Å². The van der Waals surface area contributed by atoms with Crippen LogP contribution in [0.25, 0.3) is 0 Å². The van der Waals surface area contributed by atoms with Gasteiger partial charge in [0.05, 0.1) is 41.5 Å². The van der Waals surface area contributed by atoms with E-state index >= 15 is 0 Å². The minimum Gasteiger partial charge on any atom is -0.459 e. The molecule has 18 atom stereocenters. The second-order valence-corrected chi connectivity index (χ2v) is 20.7. The number of methoxy groups -OCH3 is 1. The molecule has 3 aliphatic heterocycles. The smallest absolute Gasteiger partial charge is 0.315 e. The molecule has 3 heterocycles. The molecule has 0 radical (unpaired) electrons. The molecule has 17 heteroatoms. The fraction of sp³-hybridized carbons (Fsp3) is 0.956. The average molecular weight is 891 g/mol. The molecule has 7 N–H and O–H groups in total. The van der Waals surface area contributed by atoms with E-state index in [9.17, 15) is 35.1 Å². The molecule has 3 aliphatic rings. The van der Waals surface area contributed by atoms with Crippen molar-refractivity contribution in [2.45, 2.75) is 218 Å². The van der Waals surface area contributed by atoms with E-state index in [1.165, 1.54) is 14.0 Å². The Labute approximate surface area is 371 Å². The number of likely N-dealkylation sites (N-methyl/N-ethyl adjacent to an activating group) is 1. The molecular weight excluding hydrogens is 805 g/mol. The summed E-state index contributed by atoms with van der Waals surface area (Å²) in [5.41, 5.74) is -5.01. The summed E-state index contributed by atoms with van der Waals surface area (Å²) >= 11 is 0. The van der Waals surface area contributed by atoms with Crippen LogP contribution in [0.2, 0.25) is 0 Å². The Morgan fingerprint density at radius 1 is 0.968 bits per heavy atom. The minimum atomic E-state index is -1.90. The maximum atomic E-state index is 14.5. The zero-order chi connectivity index (χ0) is 47.3. The van der Waals surface area contributed by atoms with Crippen molar-refractivity contribution in [3.63, 3.8) is 0 Å². The van der Waals surface area contributed by atoms with Crippen LogP contribution in [0, 0.1) is 17.8 Å². The lowest BCUT2D eigenvalue weighted by molar-refractivity contribution is -0.318. The fourth-order valence-corrected chi connectivity index (χ4v) is 9.77. The van der Waals surface area contributed by atoms with Crippen molar-refractivity contribution in [2.75, 3.05) is 40.8 Å². The van der Waals surface area contributed by atoms with Gasteiger partial charge in [-0.3, -0.25) is 9.69 Å². The third-order valence-electron chi connectivity index (χ3n) is 13.4. The Morgan fingerprint density at radius 3 is 2.16 bits per heavy atom. The number of cyclic esters (lactones) is 1. The van der Waals surface area contributed by atoms with Crippen LogP contribution in [-0.2, 0) is 33.2 Å². The van der Waals surface area contributed by atoms with E-state index in [2.05, 4.69) is 10.6 Å². The normalized spacial score (nSPS) is 43.6. The standard InChI is InChI=1S/C45H86N4O13/c1-17-32-45(13,56)36(51)29(6)49(20-18-19-46-41(54)47-42(8,9)10)24-25(2)22-43(11,55)38(62-40-34(50)31(48(14)15)21-26(3)58-40)27(4)35(28(5)39(53)60-32)61-33-23-44(12,57-16)37(52)30(7)59-33/h25-38,40,50-52,55-56H,17-24H2,1-16H3,(H2,46,47,54)/t25-,26-,27+,28-,29-,30+,31+,32-,33+,34-,35+,36-,37+,38-,40+,43-,44-,45-/m1/s1. The summed E-state index contributed by atoms with van der Waals surface area (Å²) in [5, 5.41) is 65.4. The summed E-state index contributed by atoms with van der Waals surface area (Å²) in [6.07, 6.45) is -8.39. The van der Waals surface area contributed by atoms with Crippen molar-refractivity contribution in [1.29, 1.82) is 0 Å². The molecule has 3 saturated heterocycles. The number of esters is 1. The van der Waals surface area contributed by atoms with Gasteiger partial charge in [-0.2, -0.15) is 0 Å². The second kappa shape index (κ2) is 22.2. The molecule has 364 valence electrons. The Morgan fingerprint density at radius 2 is 1.60 bits per heavy atom. The number of rotatable bonds is 11. The van der Waals surface area contributed by atoms with Crippen molar-refractivity contribution < 1.29 is 63.5 Å². The van der Waals surface area contributed by atoms with E-state index in [0.29, 0.717) is 32.5 Å². The number of ether oxygens (including phenoxy) is 6. The SMILES string of the molecule is CC[C@H]1OC(=O)[C@H](C)[C@@H](O[C@H]2C[C@@](C)(OC)[C@@H](O)[C@H](C)O2)[C@H](C)[C@@H](O[C@@H]2O[C@H](C)C[C@H](N(C)C)[C@H]2O)[C@](C)(O)C[C@@H](C)CN(CCCNC(=O)NC(C)(C)C)[C@H](C)[C@@H](O)[C@]1(C)O. The van der Waals surface area contributed by atoms with Crippen LogP contribution < -0.4 is 10.6 Å². The zero-order valence-electron chi connectivity index (χ0n) is 40.7. The number of hydrogen-bond donors (Lipinski definition) is 7. The van der Waals surface area contributed by atoms with Crippen LogP contribution in [-0.4, -0.2) is 184 Å². The first-order valence-electron chi connectivity index (χ1n) is 22.8. The van der Waals surface area contributed by atoms with Gasteiger partial charge in [0.2, 0.25) is 0 Å². The van der Waals surface area contributed by atoms with Gasteiger partial charge in [-0.15, -0.1) is 0 Å². The van der Waals surface area contributed by atoms with Gasteiger partial charge in [0.1, 0.15) is 30.0 Å². The van der Waals surface area contributed by atoms with Crippen molar-refractivity contribution in [3.05, 3.63) is 0 Å². The van der Waals surface area contributed by atoms with Crippen LogP contribution in [0.3, 0.4) is 0 Å². The predicted molar refractivity (Wildman–Crippen MR) is 234 cm³/mol. The van der Waals surface area contributed by atoms with Gasteiger partial charge in [0.25, 0.3) is 0 Å². The Bertz CT molecular complexity index is 1420. The third kappa shape index (κ3) is 13.9. The number of amides is 2. The number of nitrogens with one attached hydrogen (secondary N) is 2. The van der Waals surface area contributed by atoms with E-state index < -0.39 is 101 Å². The third-order valence-corrected chi connectivity index (χ3v) is 13.4. The molecule has 0 unspecified atom stereocenters. The highest BCUT2D eigenvalue weighted by Gasteiger charge is 2.53. The maximum absolute atomic E-state index is 14.5. The van der Waals surface area contributed by atoms with Gasteiger partial charge < -0.3 is 69.5 Å². The van der Waals surface area contributed by atoms with Gasteiger partial charge in [-0.1, -0.05) is 20.8 Å². The van der Waals surface area contributed by atoms with Gasteiger partial charge in [0.15, 0.2) is 12.6 Å². The predicted octanol–water partition coefficient (Wildman–Crippen LogP) is 2.76. The molecule has 3 rings (SSSR count). The molecule has 0 spiro atoms. The number of urea groups is 1. The molecule has 17 nitrogen and oxygen atoms in total. The molecule has 0 aromatic rings. The first kappa shape index (κ1) is 54.6. The summed E-state index contributed by atoms with van der Waals surface area (Å²) in [7, 11) is 5.26. The van der Waals surface area contributed by atoms with E-state index in [4.69, 9.17) is 28.4 Å². The van der Waals surface area contributed by atoms with Crippen LogP contribution in [0.5, 0.6) is 0 Å². The lowest BCUT2D eigenvalue weighted by atomic mass is 9.77. The van der Waals surface area contributed by atoms with Gasteiger partial charge in [-0.05, 0) is 115 Å². The highest BCUT2D eigenvalue weighted by Crippen LogP contribution is 2.40. The highest BCUT2D eigenvalue weighted by atomic mass is 16.7. The van der Waals surface area contributed by atoms with Crippen LogP contribution in [0.15, 0.2) is 0 Å². The minimum absolute atomic E-state index is 0.106. The van der Waals surface area contributed by atoms with E-state index in [0.717, 1.165) is 0 Å². The largest absolute Gasteiger partial charge is 0.459 e. The van der Waals surface area contributed by atoms with Crippen molar-refractivity contribution in [3.8, 4) is 0 Å². The van der Waals surface area contributed by atoms with E-state index in [1.54, 1.807) is 41.5 Å². The average Bonchev–Trinajstić information content (AvgIpc) is 3.16. The lowest BCUT2D eigenvalue weighted by Gasteiger charge is -2.48. The van der Waals surface area contributed by atoms with Crippen molar-refractivity contribution in [2.24, 2.45) is 17.8 Å². The first-order chi connectivity index (χ1) is 28.5. The molecule has 0 saturated carbocycles. The molecular formula is C45H86N4O13. The summed E-state index contributed by atoms with van der Waals surface area (Å²) in [6.45, 7) is 24.3. The van der Waals surface area contributed by atoms with E-state index in [-0.39, 0.29) is 43.4 Å². The van der Waals surface area contributed by atoms with Crippen LogP contribution in [0.4, 0.5) is 4.79 Å². The molecule has 2 amide bonds. The summed E-state index contributed by atoms with van der Waals surface area (Å²) in [5.74, 6) is -2.83. The lowest BCUT2D eigenvalue weighted by Crippen LogP contribution is -2.60. The number of aliphatic hydroxyl groups excluding tert-OH is 3. The van der Waals surface area contributed by atoms with Crippen LogP contribution in [0.1, 0.15) is 122 Å². The molecule has 62 heavy (non-hydrogen) atoms. The second-order valence-electron chi connectivity index (χ2n) is 20.7. The molecule has 0 aliphatic carbocycles. The molecule has 0 aromatic carbocycles. The Balaban J connectivity index is 2.15.